The number of nitrogens with zero attached hydrogens (tertiary/aromatic N) is 1. The molecule has 0 aliphatic carbocycles. The van der Waals surface area contributed by atoms with Crippen LogP contribution in [0.25, 0.3) is 10.2 Å². The molecule has 0 aliphatic rings. The van der Waals surface area contributed by atoms with Crippen molar-refractivity contribution in [3.63, 3.8) is 0 Å². The predicted molar refractivity (Wildman–Crippen MR) is 66.7 cm³/mol. The SMILES string of the molecule is CCCc1cc2c(=O)n(CCF)c(=O)[nH]c2s1. The van der Waals surface area contributed by atoms with Crippen LogP contribution in [0, 0.1) is 0 Å². The van der Waals surface area contributed by atoms with E-state index in [1.807, 2.05) is 0 Å². The molecule has 0 amide bonds. The average molecular weight is 256 g/mol. The van der Waals surface area contributed by atoms with Gasteiger partial charge in [0.15, 0.2) is 0 Å². The first-order valence-electron chi connectivity index (χ1n) is 5.49. The number of H-pyrrole nitrogens is 1. The monoisotopic (exact) mass is 256 g/mol. The molecule has 0 saturated heterocycles. The van der Waals surface area contributed by atoms with Crippen molar-refractivity contribution in [2.75, 3.05) is 6.67 Å². The van der Waals surface area contributed by atoms with Crippen LogP contribution in [0.3, 0.4) is 0 Å². The number of aromatic amines is 1. The van der Waals surface area contributed by atoms with Crippen molar-refractivity contribution in [2.24, 2.45) is 0 Å². The van der Waals surface area contributed by atoms with E-state index in [1.165, 1.54) is 11.3 Å². The number of aryl methyl sites for hydroxylation is 1. The second-order valence-corrected chi connectivity index (χ2v) is 4.92. The lowest BCUT2D eigenvalue weighted by Crippen LogP contribution is -2.35. The Morgan fingerprint density at radius 1 is 1.47 bits per heavy atom. The standard InChI is InChI=1S/C11H13FN2O2S/c1-2-3-7-6-8-9(17-7)13-11(16)14(5-4-12)10(8)15/h6H,2-5H2,1H3,(H,13,16). The van der Waals surface area contributed by atoms with E-state index in [9.17, 15) is 14.0 Å². The molecule has 0 aliphatic heterocycles. The van der Waals surface area contributed by atoms with E-state index in [0.29, 0.717) is 10.2 Å². The minimum absolute atomic E-state index is 0.191. The molecule has 0 spiro atoms. The van der Waals surface area contributed by atoms with E-state index in [-0.39, 0.29) is 6.54 Å². The maximum atomic E-state index is 12.3. The maximum Gasteiger partial charge on any atom is 0.329 e. The average Bonchev–Trinajstić information content (AvgIpc) is 2.67. The van der Waals surface area contributed by atoms with Crippen LogP contribution >= 0.6 is 11.3 Å². The van der Waals surface area contributed by atoms with E-state index in [0.717, 1.165) is 22.3 Å². The van der Waals surface area contributed by atoms with Crippen molar-refractivity contribution >= 4 is 21.6 Å². The molecule has 0 atom stereocenters. The second-order valence-electron chi connectivity index (χ2n) is 3.78. The summed E-state index contributed by atoms with van der Waals surface area (Å²) in [6, 6.07) is 1.79. The molecular weight excluding hydrogens is 243 g/mol. The summed E-state index contributed by atoms with van der Waals surface area (Å²) in [7, 11) is 0. The lowest BCUT2D eigenvalue weighted by molar-refractivity contribution is 0.434. The molecular formula is C11H13FN2O2S. The summed E-state index contributed by atoms with van der Waals surface area (Å²) in [5, 5.41) is 0.478. The van der Waals surface area contributed by atoms with E-state index in [2.05, 4.69) is 11.9 Å². The summed E-state index contributed by atoms with van der Waals surface area (Å²) in [4.78, 5) is 27.8. The summed E-state index contributed by atoms with van der Waals surface area (Å²) >= 11 is 1.41. The predicted octanol–water partition coefficient (Wildman–Crippen LogP) is 1.67. The number of fused-ring (bicyclic) bond motifs is 1. The number of hydrogen-bond donors (Lipinski definition) is 1. The van der Waals surface area contributed by atoms with Crippen LogP contribution in [-0.2, 0) is 13.0 Å². The molecule has 0 fully saturated rings. The Bertz CT molecular complexity index is 641. The first-order chi connectivity index (χ1) is 8.17. The zero-order valence-corrected chi connectivity index (χ0v) is 10.3. The quantitative estimate of drug-likeness (QED) is 0.904. The number of halogens is 1. The zero-order valence-electron chi connectivity index (χ0n) is 9.46. The first-order valence-corrected chi connectivity index (χ1v) is 6.30. The third-order valence-corrected chi connectivity index (χ3v) is 3.64. The van der Waals surface area contributed by atoms with Gasteiger partial charge >= 0.3 is 5.69 Å². The van der Waals surface area contributed by atoms with Gasteiger partial charge in [0.05, 0.1) is 11.9 Å². The van der Waals surface area contributed by atoms with E-state index >= 15 is 0 Å². The van der Waals surface area contributed by atoms with Gasteiger partial charge in [-0.05, 0) is 12.5 Å². The van der Waals surface area contributed by atoms with E-state index in [4.69, 9.17) is 0 Å². The van der Waals surface area contributed by atoms with Gasteiger partial charge in [0, 0.05) is 4.88 Å². The first kappa shape index (κ1) is 12.0. The van der Waals surface area contributed by atoms with Gasteiger partial charge in [-0.1, -0.05) is 13.3 Å². The Morgan fingerprint density at radius 3 is 2.88 bits per heavy atom. The van der Waals surface area contributed by atoms with E-state index < -0.39 is 17.9 Å². The highest BCUT2D eigenvalue weighted by Gasteiger charge is 2.10. The number of hydrogen-bond acceptors (Lipinski definition) is 3. The lowest BCUT2D eigenvalue weighted by atomic mass is 10.2. The fourth-order valence-corrected chi connectivity index (χ4v) is 2.89. The molecule has 2 aromatic rings. The Hall–Kier alpha value is -1.43. The van der Waals surface area contributed by atoms with Gasteiger partial charge in [0.2, 0.25) is 0 Å². The van der Waals surface area contributed by atoms with Gasteiger partial charge in [0.1, 0.15) is 11.5 Å². The minimum Gasteiger partial charge on any atom is -0.298 e. The van der Waals surface area contributed by atoms with Gasteiger partial charge in [-0.2, -0.15) is 0 Å². The van der Waals surface area contributed by atoms with Crippen LogP contribution in [0.4, 0.5) is 4.39 Å². The summed E-state index contributed by atoms with van der Waals surface area (Å²) in [5.74, 6) is 0. The molecule has 17 heavy (non-hydrogen) atoms. The lowest BCUT2D eigenvalue weighted by Gasteiger charge is -1.99. The molecule has 0 bridgehead atoms. The smallest absolute Gasteiger partial charge is 0.298 e. The molecule has 0 radical (unpaired) electrons. The Kier molecular flexibility index (Phi) is 3.42. The molecule has 1 N–H and O–H groups in total. The Morgan fingerprint density at radius 2 is 2.24 bits per heavy atom. The second kappa shape index (κ2) is 4.83. The van der Waals surface area contributed by atoms with Crippen LogP contribution in [0.5, 0.6) is 0 Å². The van der Waals surface area contributed by atoms with Crippen LogP contribution in [-0.4, -0.2) is 16.2 Å². The third kappa shape index (κ3) is 2.17. The summed E-state index contributed by atoms with van der Waals surface area (Å²) < 4.78 is 13.2. The molecule has 2 aromatic heterocycles. The molecule has 2 heterocycles. The number of thiophene rings is 1. The molecule has 6 heteroatoms. The van der Waals surface area contributed by atoms with Gasteiger partial charge in [-0.3, -0.25) is 14.3 Å². The molecule has 0 aromatic carbocycles. The largest absolute Gasteiger partial charge is 0.329 e. The van der Waals surface area contributed by atoms with Crippen LogP contribution < -0.4 is 11.2 Å². The van der Waals surface area contributed by atoms with Crippen LogP contribution in [0.1, 0.15) is 18.2 Å². The maximum absolute atomic E-state index is 12.3. The number of aromatic nitrogens is 2. The topological polar surface area (TPSA) is 54.9 Å². The fourth-order valence-electron chi connectivity index (χ4n) is 1.75. The van der Waals surface area contributed by atoms with Crippen molar-refractivity contribution in [1.29, 1.82) is 0 Å². The zero-order chi connectivity index (χ0) is 12.4. The van der Waals surface area contributed by atoms with Gasteiger partial charge < -0.3 is 0 Å². The minimum atomic E-state index is -0.722. The van der Waals surface area contributed by atoms with Crippen molar-refractivity contribution in [3.8, 4) is 0 Å². The molecule has 0 saturated carbocycles. The third-order valence-electron chi connectivity index (χ3n) is 2.53. The summed E-state index contributed by atoms with van der Waals surface area (Å²) in [5.41, 5.74) is -0.940. The summed E-state index contributed by atoms with van der Waals surface area (Å²) in [6.07, 6.45) is 1.86. The summed E-state index contributed by atoms with van der Waals surface area (Å²) in [6.45, 7) is 1.14. The van der Waals surface area contributed by atoms with Gasteiger partial charge in [0.25, 0.3) is 5.56 Å². The van der Waals surface area contributed by atoms with Gasteiger partial charge in [-0.25, -0.2) is 9.18 Å². The number of alkyl halides is 1. The van der Waals surface area contributed by atoms with Gasteiger partial charge in [-0.15, -0.1) is 11.3 Å². The van der Waals surface area contributed by atoms with Crippen molar-refractivity contribution < 1.29 is 4.39 Å². The Balaban J connectivity index is 2.65. The normalized spacial score (nSPS) is 11.2. The molecule has 4 nitrogen and oxygen atoms in total. The molecule has 92 valence electrons. The highest BCUT2D eigenvalue weighted by Crippen LogP contribution is 2.21. The number of nitrogens with one attached hydrogen (secondary N) is 1. The van der Waals surface area contributed by atoms with Crippen LogP contribution in [0.15, 0.2) is 15.7 Å². The van der Waals surface area contributed by atoms with Crippen LogP contribution in [0.2, 0.25) is 0 Å². The highest BCUT2D eigenvalue weighted by atomic mass is 32.1. The highest BCUT2D eigenvalue weighted by molar-refractivity contribution is 7.18. The fraction of sp³-hybridized carbons (Fsp3) is 0.455. The molecule has 2 rings (SSSR count). The van der Waals surface area contributed by atoms with E-state index in [1.54, 1.807) is 6.07 Å². The Labute approximate surface area is 101 Å². The molecule has 0 unspecified atom stereocenters. The van der Waals surface area contributed by atoms with Crippen molar-refractivity contribution in [3.05, 3.63) is 31.8 Å². The van der Waals surface area contributed by atoms with Crippen molar-refractivity contribution in [1.82, 2.24) is 9.55 Å². The van der Waals surface area contributed by atoms with Crippen molar-refractivity contribution in [2.45, 2.75) is 26.3 Å². The number of rotatable bonds is 4.